The molecule has 0 aromatic heterocycles. The molecule has 0 aliphatic carbocycles. The maximum atomic E-state index is 14.7. The van der Waals surface area contributed by atoms with Gasteiger partial charge in [0.2, 0.25) is 0 Å². The predicted molar refractivity (Wildman–Crippen MR) is 81.3 cm³/mol. The van der Waals surface area contributed by atoms with Crippen LogP contribution >= 0.6 is 7.60 Å². The Kier molecular flexibility index (Phi) is 7.23. The van der Waals surface area contributed by atoms with Crippen molar-refractivity contribution in [2.75, 3.05) is 13.2 Å². The first-order chi connectivity index (χ1) is 12.2. The van der Waals surface area contributed by atoms with Crippen molar-refractivity contribution in [1.29, 1.82) is 0 Å². The molecule has 154 valence electrons. The van der Waals surface area contributed by atoms with Crippen LogP contribution in [0.15, 0.2) is 35.9 Å². The van der Waals surface area contributed by atoms with Gasteiger partial charge in [0.05, 0.1) is 18.8 Å². The second-order valence-corrected chi connectivity index (χ2v) is 7.06. The zero-order chi connectivity index (χ0) is 21.1. The van der Waals surface area contributed by atoms with Crippen molar-refractivity contribution in [1.82, 2.24) is 0 Å². The summed E-state index contributed by atoms with van der Waals surface area (Å²) in [6.07, 6.45) is -12.0. The third-order valence-electron chi connectivity index (χ3n) is 3.12. The van der Waals surface area contributed by atoms with E-state index >= 15 is 0 Å². The summed E-state index contributed by atoms with van der Waals surface area (Å²) in [5.74, 6) is 0. The van der Waals surface area contributed by atoms with Crippen LogP contribution < -0.4 is 0 Å². The molecule has 0 atom stereocenters. The molecule has 0 unspecified atom stereocenters. The van der Waals surface area contributed by atoms with E-state index in [1.807, 2.05) is 0 Å². The monoisotopic (exact) mass is 426 g/mol. The van der Waals surface area contributed by atoms with Crippen LogP contribution in [0.25, 0.3) is 5.57 Å². The lowest BCUT2D eigenvalue weighted by Crippen LogP contribution is -2.35. The third-order valence-corrected chi connectivity index (χ3v) is 5.23. The summed E-state index contributed by atoms with van der Waals surface area (Å²) in [5, 5.41) is 0. The Morgan fingerprint density at radius 3 is 1.63 bits per heavy atom. The van der Waals surface area contributed by atoms with E-state index in [0.717, 1.165) is 26.0 Å². The first kappa shape index (κ1) is 23.6. The van der Waals surface area contributed by atoms with Crippen LogP contribution in [0.3, 0.4) is 0 Å². The number of alkyl halides is 8. The quantitative estimate of drug-likeness (QED) is 0.373. The number of rotatable bonds is 7. The van der Waals surface area contributed by atoms with Gasteiger partial charge in [-0.05, 0) is 19.4 Å². The van der Waals surface area contributed by atoms with E-state index in [4.69, 9.17) is 0 Å². The SMILES string of the molecule is CCOP(=O)(OCC)C(F)(F)/C(=C(/c1ccccc1)C(F)(F)F)C(F)(F)F. The van der Waals surface area contributed by atoms with Gasteiger partial charge in [-0.3, -0.25) is 4.57 Å². The molecule has 0 N–H and O–H groups in total. The minimum Gasteiger partial charge on any atom is -0.304 e. The van der Waals surface area contributed by atoms with E-state index < -0.39 is 55.5 Å². The average molecular weight is 426 g/mol. The van der Waals surface area contributed by atoms with Crippen molar-refractivity contribution in [2.45, 2.75) is 31.9 Å². The summed E-state index contributed by atoms with van der Waals surface area (Å²) >= 11 is 0. The van der Waals surface area contributed by atoms with E-state index in [9.17, 15) is 39.7 Å². The van der Waals surface area contributed by atoms with Crippen LogP contribution in [0.2, 0.25) is 0 Å². The largest absolute Gasteiger partial charge is 0.419 e. The Bertz CT molecular complexity index is 700. The maximum absolute atomic E-state index is 14.7. The van der Waals surface area contributed by atoms with E-state index in [0.29, 0.717) is 12.1 Å². The van der Waals surface area contributed by atoms with Crippen molar-refractivity contribution in [3.8, 4) is 0 Å². The third kappa shape index (κ3) is 5.08. The Morgan fingerprint density at radius 2 is 1.30 bits per heavy atom. The topological polar surface area (TPSA) is 35.5 Å². The summed E-state index contributed by atoms with van der Waals surface area (Å²) in [7, 11) is -5.93. The minimum absolute atomic E-state index is 0.580. The predicted octanol–water partition coefficient (Wildman–Crippen LogP) is 6.42. The van der Waals surface area contributed by atoms with E-state index in [1.54, 1.807) is 0 Å². The second-order valence-electron chi connectivity index (χ2n) is 4.99. The fourth-order valence-electron chi connectivity index (χ4n) is 2.19. The van der Waals surface area contributed by atoms with Gasteiger partial charge in [-0.15, -0.1) is 0 Å². The molecule has 12 heteroatoms. The molecule has 0 fully saturated rings. The van der Waals surface area contributed by atoms with Crippen molar-refractivity contribution >= 4 is 13.2 Å². The van der Waals surface area contributed by atoms with E-state index in [1.165, 1.54) is 6.07 Å². The van der Waals surface area contributed by atoms with Gasteiger partial charge in [-0.2, -0.15) is 35.1 Å². The van der Waals surface area contributed by atoms with Crippen LogP contribution in [0.5, 0.6) is 0 Å². The summed E-state index contributed by atoms with van der Waals surface area (Å²) in [6, 6.07) is 4.23. The Balaban J connectivity index is 3.97. The van der Waals surface area contributed by atoms with Crippen molar-refractivity contribution < 1.29 is 48.7 Å². The highest BCUT2D eigenvalue weighted by atomic mass is 31.2. The van der Waals surface area contributed by atoms with Crippen LogP contribution in [-0.2, 0) is 13.6 Å². The lowest BCUT2D eigenvalue weighted by Gasteiger charge is -2.31. The average Bonchev–Trinajstić information content (AvgIpc) is 2.51. The lowest BCUT2D eigenvalue weighted by atomic mass is 9.99. The van der Waals surface area contributed by atoms with Crippen molar-refractivity contribution in [3.63, 3.8) is 0 Å². The van der Waals surface area contributed by atoms with Crippen LogP contribution in [0, 0.1) is 0 Å². The van der Waals surface area contributed by atoms with E-state index in [2.05, 4.69) is 9.05 Å². The lowest BCUT2D eigenvalue weighted by molar-refractivity contribution is -0.125. The Labute approximate surface area is 149 Å². The number of allylic oxidation sites excluding steroid dienone is 2. The Morgan fingerprint density at radius 1 is 0.852 bits per heavy atom. The molecule has 0 heterocycles. The number of halogens is 8. The first-order valence-corrected chi connectivity index (χ1v) is 8.98. The zero-order valence-corrected chi connectivity index (χ0v) is 14.9. The van der Waals surface area contributed by atoms with E-state index in [-0.39, 0.29) is 0 Å². The molecular weight excluding hydrogens is 411 g/mol. The van der Waals surface area contributed by atoms with Crippen LogP contribution in [0.4, 0.5) is 35.1 Å². The first-order valence-electron chi connectivity index (χ1n) is 7.44. The molecule has 27 heavy (non-hydrogen) atoms. The normalized spacial score (nSPS) is 14.9. The zero-order valence-electron chi connectivity index (χ0n) is 14.0. The van der Waals surface area contributed by atoms with Gasteiger partial charge in [0.1, 0.15) is 5.57 Å². The van der Waals surface area contributed by atoms with Crippen LogP contribution in [-0.4, -0.2) is 31.2 Å². The highest BCUT2D eigenvalue weighted by Crippen LogP contribution is 2.68. The highest BCUT2D eigenvalue weighted by molar-refractivity contribution is 7.55. The second kappa shape index (κ2) is 8.28. The van der Waals surface area contributed by atoms with Crippen molar-refractivity contribution in [3.05, 3.63) is 41.5 Å². The summed E-state index contributed by atoms with van der Waals surface area (Å²) in [5.41, 5.74) is -12.8. The molecule has 0 saturated carbocycles. The molecule has 0 spiro atoms. The molecule has 3 nitrogen and oxygen atoms in total. The highest BCUT2D eigenvalue weighted by Gasteiger charge is 2.66. The molecule has 0 saturated heterocycles. The molecule has 0 radical (unpaired) electrons. The van der Waals surface area contributed by atoms with Gasteiger partial charge in [0.25, 0.3) is 0 Å². The summed E-state index contributed by atoms with van der Waals surface area (Å²) < 4.78 is 131. The number of hydrogen-bond acceptors (Lipinski definition) is 3. The minimum atomic E-state index is -6.19. The fourth-order valence-corrected chi connectivity index (χ4v) is 3.78. The maximum Gasteiger partial charge on any atom is 0.419 e. The molecule has 0 aliphatic heterocycles. The van der Waals surface area contributed by atoms with Crippen molar-refractivity contribution in [2.24, 2.45) is 0 Å². The summed E-state index contributed by atoms with van der Waals surface area (Å²) in [4.78, 5) is 0. The molecule has 1 aromatic rings. The fraction of sp³-hybridized carbons (Fsp3) is 0.467. The van der Waals surface area contributed by atoms with Gasteiger partial charge in [0, 0.05) is 0 Å². The van der Waals surface area contributed by atoms with Crippen LogP contribution in [0.1, 0.15) is 19.4 Å². The molecule has 0 aliphatic rings. The number of benzene rings is 1. The smallest absolute Gasteiger partial charge is 0.304 e. The standard InChI is InChI=1S/C15H15F8O3P/c1-3-25-27(24,26-4-2)15(22,23)12(14(19,20)21)11(13(16,17)18)10-8-6-5-7-9-10/h5-9H,3-4H2,1-2H3/b12-11-. The molecule has 1 rings (SSSR count). The van der Waals surface area contributed by atoms with Gasteiger partial charge in [-0.25, -0.2) is 0 Å². The molecular formula is C15H15F8O3P. The summed E-state index contributed by atoms with van der Waals surface area (Å²) in [6.45, 7) is 0.510. The molecule has 0 bridgehead atoms. The van der Waals surface area contributed by atoms with Gasteiger partial charge >= 0.3 is 25.6 Å². The van der Waals surface area contributed by atoms with Gasteiger partial charge in [0.15, 0.2) is 0 Å². The Hall–Kier alpha value is -1.45. The molecule has 1 aromatic carbocycles. The molecule has 0 amide bonds. The van der Waals surface area contributed by atoms with Gasteiger partial charge < -0.3 is 9.05 Å². The number of hydrogen-bond donors (Lipinski definition) is 0. The van der Waals surface area contributed by atoms with Gasteiger partial charge in [-0.1, -0.05) is 30.3 Å².